The van der Waals surface area contributed by atoms with Crippen molar-refractivity contribution in [3.05, 3.63) is 35.4 Å². The molecule has 2 atom stereocenters. The maximum absolute atomic E-state index is 12.7. The van der Waals surface area contributed by atoms with Crippen molar-refractivity contribution in [3.8, 4) is 0 Å². The molecule has 1 aromatic rings. The normalized spacial score (nSPS) is 14.9. The first-order valence-electron chi connectivity index (χ1n) is 9.88. The minimum Gasteiger partial charge on any atom is -0.454 e. The van der Waals surface area contributed by atoms with Crippen LogP contribution in [0.15, 0.2) is 24.3 Å². The minimum absolute atomic E-state index is 0.208. The topological polar surface area (TPSA) is 122 Å². The third-order valence-electron chi connectivity index (χ3n) is 4.80. The summed E-state index contributed by atoms with van der Waals surface area (Å²) < 4.78 is 5.05. The quantitative estimate of drug-likeness (QED) is 0.491. The molecule has 9 nitrogen and oxygen atoms in total. The van der Waals surface area contributed by atoms with Crippen LogP contribution in [-0.4, -0.2) is 53.8 Å². The summed E-state index contributed by atoms with van der Waals surface area (Å²) >= 11 is 0. The van der Waals surface area contributed by atoms with Crippen LogP contribution in [0.4, 0.5) is 4.79 Å². The summed E-state index contributed by atoms with van der Waals surface area (Å²) in [5.74, 6) is -3.02. The Bertz CT molecular complexity index is 816. The van der Waals surface area contributed by atoms with Gasteiger partial charge in [0.15, 0.2) is 6.61 Å². The van der Waals surface area contributed by atoms with Gasteiger partial charge in [-0.2, -0.15) is 0 Å². The molecule has 30 heavy (non-hydrogen) atoms. The van der Waals surface area contributed by atoms with E-state index >= 15 is 0 Å². The Morgan fingerprint density at radius 3 is 2.10 bits per heavy atom. The molecule has 0 aromatic heterocycles. The second-order valence-corrected chi connectivity index (χ2v) is 7.62. The lowest BCUT2D eigenvalue weighted by Crippen LogP contribution is -2.50. The van der Waals surface area contributed by atoms with Crippen molar-refractivity contribution in [1.82, 2.24) is 15.5 Å². The number of benzene rings is 1. The van der Waals surface area contributed by atoms with Crippen LogP contribution < -0.4 is 10.6 Å². The van der Waals surface area contributed by atoms with E-state index in [-0.39, 0.29) is 17.0 Å². The Kier molecular flexibility index (Phi) is 7.68. The van der Waals surface area contributed by atoms with Crippen LogP contribution in [0.2, 0.25) is 0 Å². The van der Waals surface area contributed by atoms with Gasteiger partial charge in [-0.25, -0.2) is 9.59 Å². The van der Waals surface area contributed by atoms with Gasteiger partial charge in [-0.3, -0.25) is 24.6 Å². The van der Waals surface area contributed by atoms with Crippen LogP contribution >= 0.6 is 0 Å². The molecule has 162 valence electrons. The number of hydrogen-bond acceptors (Lipinski definition) is 6. The highest BCUT2D eigenvalue weighted by molar-refractivity contribution is 6.22. The van der Waals surface area contributed by atoms with E-state index in [1.54, 1.807) is 19.1 Å². The molecule has 1 heterocycles. The van der Waals surface area contributed by atoms with Crippen molar-refractivity contribution in [2.75, 3.05) is 13.2 Å². The predicted molar refractivity (Wildman–Crippen MR) is 108 cm³/mol. The van der Waals surface area contributed by atoms with Crippen molar-refractivity contribution in [1.29, 1.82) is 0 Å². The third-order valence-corrected chi connectivity index (χ3v) is 4.80. The highest BCUT2D eigenvalue weighted by Crippen LogP contribution is 2.28. The standard InChI is InChI=1S/C21H27N3O6/c1-5-13(4)17(24-18(26)14-8-6-7-9-15(14)19(24)27)20(28)30-11-16(25)23-21(29)22-10-12(2)3/h6-9,12-13,17H,5,10-11H2,1-4H3,(H2,22,23,25,29)/t13-,17-/m0/s1. The number of rotatable bonds is 8. The number of carbonyl (C=O) groups excluding carboxylic acids is 5. The highest BCUT2D eigenvalue weighted by Gasteiger charge is 2.45. The van der Waals surface area contributed by atoms with Crippen LogP contribution in [0.3, 0.4) is 0 Å². The maximum atomic E-state index is 12.7. The number of ether oxygens (including phenoxy) is 1. The third kappa shape index (κ3) is 5.22. The van der Waals surface area contributed by atoms with Crippen LogP contribution in [0.25, 0.3) is 0 Å². The van der Waals surface area contributed by atoms with Gasteiger partial charge in [-0.05, 0) is 24.0 Å². The number of imide groups is 2. The molecule has 0 saturated heterocycles. The monoisotopic (exact) mass is 417 g/mol. The summed E-state index contributed by atoms with van der Waals surface area (Å²) in [6.45, 7) is 7.01. The van der Waals surface area contributed by atoms with Crippen molar-refractivity contribution >= 4 is 29.7 Å². The van der Waals surface area contributed by atoms with Gasteiger partial charge < -0.3 is 10.1 Å². The summed E-state index contributed by atoms with van der Waals surface area (Å²) in [7, 11) is 0. The summed E-state index contributed by atoms with van der Waals surface area (Å²) in [6.07, 6.45) is 0.497. The van der Waals surface area contributed by atoms with E-state index in [0.717, 1.165) is 4.90 Å². The second kappa shape index (κ2) is 10.00. The summed E-state index contributed by atoms with van der Waals surface area (Å²) in [6, 6.07) is 4.46. The average molecular weight is 417 g/mol. The Hall–Kier alpha value is -3.23. The molecule has 1 aliphatic heterocycles. The zero-order chi connectivity index (χ0) is 22.4. The molecular formula is C21H27N3O6. The Morgan fingerprint density at radius 1 is 1.03 bits per heavy atom. The number of nitrogens with one attached hydrogen (secondary N) is 2. The number of fused-ring (bicyclic) bond motifs is 1. The van der Waals surface area contributed by atoms with E-state index in [0.29, 0.717) is 13.0 Å². The Labute approximate surface area is 175 Å². The number of esters is 1. The molecule has 0 fully saturated rings. The molecule has 9 heteroatoms. The number of amides is 5. The van der Waals surface area contributed by atoms with E-state index in [1.807, 2.05) is 20.8 Å². The van der Waals surface area contributed by atoms with Gasteiger partial charge in [-0.15, -0.1) is 0 Å². The molecule has 2 N–H and O–H groups in total. The maximum Gasteiger partial charge on any atom is 0.330 e. The zero-order valence-corrected chi connectivity index (χ0v) is 17.6. The first-order chi connectivity index (χ1) is 14.2. The molecular weight excluding hydrogens is 390 g/mol. The van der Waals surface area contributed by atoms with Gasteiger partial charge in [0, 0.05) is 6.54 Å². The van der Waals surface area contributed by atoms with Crippen LogP contribution in [0.1, 0.15) is 54.8 Å². The largest absolute Gasteiger partial charge is 0.454 e. The molecule has 0 unspecified atom stereocenters. The number of nitrogens with zero attached hydrogens (tertiary/aromatic N) is 1. The van der Waals surface area contributed by atoms with Crippen molar-refractivity contribution in [2.24, 2.45) is 11.8 Å². The summed E-state index contributed by atoms with van der Waals surface area (Å²) in [5, 5.41) is 4.57. The molecule has 0 spiro atoms. The van der Waals surface area contributed by atoms with Gasteiger partial charge in [0.1, 0.15) is 6.04 Å². The second-order valence-electron chi connectivity index (χ2n) is 7.62. The summed E-state index contributed by atoms with van der Waals surface area (Å²) in [4.78, 5) is 62.7. The van der Waals surface area contributed by atoms with E-state index in [2.05, 4.69) is 10.6 Å². The Balaban J connectivity index is 2.05. The lowest BCUT2D eigenvalue weighted by molar-refractivity contribution is -0.153. The molecule has 2 rings (SSSR count). The fourth-order valence-electron chi connectivity index (χ4n) is 3.00. The minimum atomic E-state index is -1.18. The van der Waals surface area contributed by atoms with Crippen LogP contribution in [0.5, 0.6) is 0 Å². The van der Waals surface area contributed by atoms with Crippen LogP contribution in [-0.2, 0) is 14.3 Å². The molecule has 0 saturated carbocycles. The highest BCUT2D eigenvalue weighted by atomic mass is 16.5. The van der Waals surface area contributed by atoms with E-state index in [4.69, 9.17) is 4.74 Å². The summed E-state index contributed by atoms with van der Waals surface area (Å²) in [5.41, 5.74) is 0.450. The smallest absolute Gasteiger partial charge is 0.330 e. The van der Waals surface area contributed by atoms with E-state index < -0.39 is 48.3 Å². The van der Waals surface area contributed by atoms with Crippen molar-refractivity contribution < 1.29 is 28.7 Å². The molecule has 0 aliphatic carbocycles. The van der Waals surface area contributed by atoms with Crippen LogP contribution in [0, 0.1) is 11.8 Å². The van der Waals surface area contributed by atoms with Crippen molar-refractivity contribution in [2.45, 2.75) is 40.2 Å². The molecule has 1 aromatic carbocycles. The number of carbonyl (C=O) groups is 5. The van der Waals surface area contributed by atoms with Gasteiger partial charge >= 0.3 is 12.0 Å². The molecule has 0 radical (unpaired) electrons. The average Bonchev–Trinajstić information content (AvgIpc) is 2.96. The lowest BCUT2D eigenvalue weighted by Gasteiger charge is -2.28. The van der Waals surface area contributed by atoms with E-state index in [1.165, 1.54) is 12.1 Å². The first kappa shape index (κ1) is 23.1. The number of urea groups is 1. The predicted octanol–water partition coefficient (Wildman–Crippen LogP) is 1.72. The zero-order valence-electron chi connectivity index (χ0n) is 17.6. The fourth-order valence-corrected chi connectivity index (χ4v) is 3.00. The molecule has 5 amide bonds. The van der Waals surface area contributed by atoms with E-state index in [9.17, 15) is 24.0 Å². The number of hydrogen-bond donors (Lipinski definition) is 2. The van der Waals surface area contributed by atoms with Gasteiger partial charge in [-0.1, -0.05) is 46.2 Å². The lowest BCUT2D eigenvalue weighted by atomic mass is 9.97. The Morgan fingerprint density at radius 2 is 1.60 bits per heavy atom. The molecule has 1 aliphatic rings. The van der Waals surface area contributed by atoms with Gasteiger partial charge in [0.2, 0.25) is 0 Å². The fraction of sp³-hybridized carbons (Fsp3) is 0.476. The van der Waals surface area contributed by atoms with Gasteiger partial charge in [0.05, 0.1) is 11.1 Å². The van der Waals surface area contributed by atoms with Crippen molar-refractivity contribution in [3.63, 3.8) is 0 Å². The van der Waals surface area contributed by atoms with Gasteiger partial charge in [0.25, 0.3) is 17.7 Å². The SMILES string of the molecule is CC[C@H](C)[C@@H](C(=O)OCC(=O)NC(=O)NCC(C)C)N1C(=O)c2ccccc2C1=O. The molecule has 0 bridgehead atoms. The first-order valence-corrected chi connectivity index (χ1v) is 9.88.